The molecule has 9 nitrogen and oxygen atoms in total. The van der Waals surface area contributed by atoms with Crippen LogP contribution in [0.25, 0.3) is 0 Å². The lowest BCUT2D eigenvalue weighted by atomic mass is 10.0. The number of unbranched alkanes of at least 4 members (excludes halogenated alkanes) is 53. The number of likely N-dealkylation sites (N-methyl/N-ethyl adjacent to an activating group) is 1. The predicted molar refractivity (Wildman–Crippen MR) is 464 cm³/mol. The lowest BCUT2D eigenvalue weighted by Crippen LogP contribution is -2.37. The van der Waals surface area contributed by atoms with Gasteiger partial charge in [0.15, 0.2) is 6.10 Å². The fourth-order valence-corrected chi connectivity index (χ4v) is 14.1. The van der Waals surface area contributed by atoms with E-state index in [0.29, 0.717) is 23.9 Å². The van der Waals surface area contributed by atoms with E-state index in [-0.39, 0.29) is 25.6 Å². The normalized spacial score (nSPS) is 13.5. The van der Waals surface area contributed by atoms with Gasteiger partial charge in [0.05, 0.1) is 27.7 Å². The first kappa shape index (κ1) is 103. The number of phosphoric ester groups is 1. The van der Waals surface area contributed by atoms with Gasteiger partial charge in [-0.2, -0.15) is 0 Å². The zero-order valence-electron chi connectivity index (χ0n) is 70.7. The summed E-state index contributed by atoms with van der Waals surface area (Å²) in [7, 11) is 1.49. The van der Waals surface area contributed by atoms with Crippen LogP contribution in [0.5, 0.6) is 0 Å². The van der Waals surface area contributed by atoms with Gasteiger partial charge in [-0.05, 0) is 103 Å². The van der Waals surface area contributed by atoms with Gasteiger partial charge in [0.2, 0.25) is 0 Å². The highest BCUT2D eigenvalue weighted by molar-refractivity contribution is 7.47. The predicted octanol–water partition coefficient (Wildman–Crippen LogP) is 31.1. The highest BCUT2D eigenvalue weighted by atomic mass is 31.2. The van der Waals surface area contributed by atoms with Crippen LogP contribution in [0.15, 0.2) is 109 Å². The van der Waals surface area contributed by atoms with E-state index in [1.807, 2.05) is 21.1 Å². The summed E-state index contributed by atoms with van der Waals surface area (Å²) < 4.78 is 34.9. The number of rotatable bonds is 85. The Morgan fingerprint density at radius 3 is 0.811 bits per heavy atom. The molecule has 0 aliphatic heterocycles. The summed E-state index contributed by atoms with van der Waals surface area (Å²) in [5.41, 5.74) is 0. The van der Waals surface area contributed by atoms with Crippen molar-refractivity contribution in [2.75, 3.05) is 47.5 Å². The van der Waals surface area contributed by atoms with Crippen molar-refractivity contribution in [3.63, 3.8) is 0 Å². The van der Waals surface area contributed by atoms with Gasteiger partial charge >= 0.3 is 19.8 Å². The molecule has 0 saturated heterocycles. The van der Waals surface area contributed by atoms with E-state index in [0.717, 1.165) is 83.5 Å². The third-order valence-electron chi connectivity index (χ3n) is 20.3. The number of phosphoric acid groups is 1. The van der Waals surface area contributed by atoms with Crippen LogP contribution >= 0.6 is 7.82 Å². The van der Waals surface area contributed by atoms with Crippen LogP contribution in [0.4, 0.5) is 0 Å². The highest BCUT2D eigenvalue weighted by Gasteiger charge is 2.27. The summed E-state index contributed by atoms with van der Waals surface area (Å²) in [5, 5.41) is 0. The molecule has 106 heavy (non-hydrogen) atoms. The Hall–Kier alpha value is -3.33. The fraction of sp³-hybridized carbons (Fsp3) is 0.792. The second-order valence-electron chi connectivity index (χ2n) is 32.0. The van der Waals surface area contributed by atoms with E-state index in [9.17, 15) is 19.0 Å². The smallest absolute Gasteiger partial charge is 0.462 e. The number of hydrogen-bond acceptors (Lipinski definition) is 7. The third kappa shape index (κ3) is 89.6. The number of allylic oxidation sites excluding steroid dienone is 18. The van der Waals surface area contributed by atoms with Crippen LogP contribution in [0.1, 0.15) is 438 Å². The van der Waals surface area contributed by atoms with Crippen LogP contribution in [-0.4, -0.2) is 74.9 Å². The molecule has 0 rings (SSSR count). The van der Waals surface area contributed by atoms with Gasteiger partial charge in [0.25, 0.3) is 0 Å². The Kier molecular flexibility index (Phi) is 83.0. The van der Waals surface area contributed by atoms with Crippen LogP contribution in [0, 0.1) is 0 Å². The number of carbonyl (C=O) groups excluding carboxylic acids is 2. The van der Waals surface area contributed by atoms with Crippen LogP contribution < -0.4 is 0 Å². The number of esters is 2. The van der Waals surface area contributed by atoms with Gasteiger partial charge in [-0.3, -0.25) is 18.6 Å². The van der Waals surface area contributed by atoms with Crippen molar-refractivity contribution in [3.05, 3.63) is 109 Å². The minimum Gasteiger partial charge on any atom is -0.462 e. The summed E-state index contributed by atoms with van der Waals surface area (Å²) >= 11 is 0. The molecular weight excluding hydrogens is 1330 g/mol. The van der Waals surface area contributed by atoms with Crippen molar-refractivity contribution in [1.29, 1.82) is 0 Å². The Bertz CT molecular complexity index is 2170. The zero-order valence-corrected chi connectivity index (χ0v) is 71.6. The maximum Gasteiger partial charge on any atom is 0.472 e. The van der Waals surface area contributed by atoms with E-state index in [2.05, 4.69) is 123 Å². The zero-order chi connectivity index (χ0) is 76.8. The molecule has 0 aromatic heterocycles. The number of nitrogens with zero attached hydrogens (tertiary/aromatic N) is 1. The SMILES string of the molecule is CC/C=C\C/C=C\C/C=C\C/C=C\C/C=C\C/C=C\C/C=C\C/C=C\CCCCCCCCCCCCCCCCCCC(=O)OC(COC(=O)CCCCCCCCCCCCCCCCCCCCCCCCCCCCCCC/C=C\CCCCCCCCCC)COP(=O)(O)OCC[N+](C)(C)C. The second-order valence-corrected chi connectivity index (χ2v) is 33.4. The summed E-state index contributed by atoms with van der Waals surface area (Å²) in [6.07, 6.45) is 123. The average Bonchev–Trinajstić information content (AvgIpc) is 0.908. The lowest BCUT2D eigenvalue weighted by Gasteiger charge is -2.24. The summed E-state index contributed by atoms with van der Waals surface area (Å²) in [5.74, 6) is -0.779. The largest absolute Gasteiger partial charge is 0.472 e. The van der Waals surface area contributed by atoms with Crippen molar-refractivity contribution < 1.29 is 42.1 Å². The van der Waals surface area contributed by atoms with Gasteiger partial charge in [-0.25, -0.2) is 4.57 Å². The number of ether oxygens (including phenoxy) is 2. The van der Waals surface area contributed by atoms with Crippen molar-refractivity contribution in [2.45, 2.75) is 444 Å². The first-order valence-corrected chi connectivity index (χ1v) is 47.1. The molecule has 0 aliphatic carbocycles. The van der Waals surface area contributed by atoms with E-state index in [1.54, 1.807) is 0 Å². The molecule has 2 unspecified atom stereocenters. The summed E-state index contributed by atoms with van der Waals surface area (Å²) in [4.78, 5) is 36.1. The van der Waals surface area contributed by atoms with E-state index in [1.165, 1.54) is 321 Å². The molecule has 0 bridgehead atoms. The number of carbonyl (C=O) groups is 2. The molecule has 2 atom stereocenters. The van der Waals surface area contributed by atoms with Gasteiger partial charge in [-0.15, -0.1) is 0 Å². The van der Waals surface area contributed by atoms with Crippen molar-refractivity contribution >= 4 is 19.8 Å². The summed E-state index contributed by atoms with van der Waals surface area (Å²) in [6.45, 7) is 4.38. The molecule has 0 amide bonds. The number of hydrogen-bond donors (Lipinski definition) is 1. The lowest BCUT2D eigenvalue weighted by molar-refractivity contribution is -0.870. The summed E-state index contributed by atoms with van der Waals surface area (Å²) in [6, 6.07) is 0. The molecule has 10 heteroatoms. The molecule has 0 aromatic rings. The quantitative estimate of drug-likeness (QED) is 0.0211. The topological polar surface area (TPSA) is 108 Å². The van der Waals surface area contributed by atoms with Crippen LogP contribution in [0.2, 0.25) is 0 Å². The molecular formula is C96H175NO8P+. The molecule has 1 N–H and O–H groups in total. The van der Waals surface area contributed by atoms with Crippen LogP contribution in [-0.2, 0) is 32.7 Å². The molecule has 0 radical (unpaired) electrons. The van der Waals surface area contributed by atoms with E-state index in [4.69, 9.17) is 18.5 Å². The maximum atomic E-state index is 13.0. The second kappa shape index (κ2) is 85.7. The van der Waals surface area contributed by atoms with Crippen molar-refractivity contribution in [3.8, 4) is 0 Å². The van der Waals surface area contributed by atoms with Gasteiger partial charge in [-0.1, -0.05) is 431 Å². The first-order valence-electron chi connectivity index (χ1n) is 45.6. The molecule has 0 saturated carbocycles. The molecule has 0 heterocycles. The highest BCUT2D eigenvalue weighted by Crippen LogP contribution is 2.43. The van der Waals surface area contributed by atoms with Crippen molar-refractivity contribution in [2.24, 2.45) is 0 Å². The number of quaternary nitrogens is 1. The average molecular weight is 1500 g/mol. The Morgan fingerprint density at radius 1 is 0.302 bits per heavy atom. The monoisotopic (exact) mass is 1500 g/mol. The van der Waals surface area contributed by atoms with E-state index >= 15 is 0 Å². The van der Waals surface area contributed by atoms with Gasteiger partial charge < -0.3 is 18.9 Å². The van der Waals surface area contributed by atoms with Crippen molar-refractivity contribution in [1.82, 2.24) is 0 Å². The third-order valence-corrected chi connectivity index (χ3v) is 21.3. The molecule has 0 aromatic carbocycles. The minimum absolute atomic E-state index is 0.0313. The minimum atomic E-state index is -4.40. The Balaban J connectivity index is 3.88. The standard InChI is InChI=1S/C96H174NO8P/c1-6-8-10-12-14-16-18-20-22-24-26-28-30-32-34-36-38-40-42-44-46-48-50-52-54-56-58-60-62-64-66-68-70-72-74-76-78-80-82-84-86-88-95(98)102-92-94(93-104-106(100,101)103-91-90-97(3,4)5)105-96(99)89-87-85-83-81-79-77-75-73-71-69-67-65-63-61-59-57-55-53-51-49-47-45-43-41-39-37-35-33-31-29-27-25-23-21-19-17-15-13-11-9-7-2/h9,11,15,17,21,23-24,26-27,29,33,35,39,41,45,47,51,53,94H,6-8,10,12-14,16,18-20,22,25,28,30-32,34,36-38,40,42-44,46,48-50,52,54-93H2,1-5H3/p+1/b11-9-,17-15-,23-21-,26-24-,29-27-,35-33-,41-39-,47-45-,53-51-. The molecule has 616 valence electrons. The van der Waals surface area contributed by atoms with Crippen LogP contribution in [0.3, 0.4) is 0 Å². The molecule has 0 fully saturated rings. The Morgan fingerprint density at radius 2 is 0.538 bits per heavy atom. The fourth-order valence-electron chi connectivity index (χ4n) is 13.4. The maximum absolute atomic E-state index is 13.0. The first-order chi connectivity index (χ1) is 52.0. The van der Waals surface area contributed by atoms with Gasteiger partial charge in [0.1, 0.15) is 19.8 Å². The molecule has 0 aliphatic rings. The Labute approximate surface area is 658 Å². The van der Waals surface area contributed by atoms with E-state index < -0.39 is 26.5 Å². The van der Waals surface area contributed by atoms with Gasteiger partial charge in [0, 0.05) is 12.8 Å². The molecule has 0 spiro atoms.